The van der Waals surface area contributed by atoms with Crippen molar-refractivity contribution in [3.05, 3.63) is 30.0 Å². The van der Waals surface area contributed by atoms with E-state index in [1.54, 1.807) is 0 Å². The predicted octanol–water partition coefficient (Wildman–Crippen LogP) is 2.99. The van der Waals surface area contributed by atoms with Gasteiger partial charge in [-0.05, 0) is 25.5 Å². The van der Waals surface area contributed by atoms with Gasteiger partial charge in [-0.2, -0.15) is 0 Å². The van der Waals surface area contributed by atoms with E-state index in [0.717, 1.165) is 29.6 Å². The van der Waals surface area contributed by atoms with E-state index in [9.17, 15) is 4.79 Å². The summed E-state index contributed by atoms with van der Waals surface area (Å²) in [6, 6.07) is 7.54. The Kier molecular flexibility index (Phi) is 4.50. The van der Waals surface area contributed by atoms with E-state index < -0.39 is 5.97 Å². The van der Waals surface area contributed by atoms with Gasteiger partial charge in [0.15, 0.2) is 0 Å². The average Bonchev–Trinajstić information content (AvgIpc) is 2.39. The van der Waals surface area contributed by atoms with Gasteiger partial charge >= 0.3 is 5.97 Å². The fourth-order valence-electron chi connectivity index (χ4n) is 2.20. The smallest absolute Gasteiger partial charge is 0.305 e. The number of carboxylic acid groups (broad SMARTS) is 1. The molecule has 1 heterocycles. The summed E-state index contributed by atoms with van der Waals surface area (Å²) in [6.07, 6.45) is 1.80. The van der Waals surface area contributed by atoms with Crippen LogP contribution in [0.4, 0.5) is 5.82 Å². The fourth-order valence-corrected chi connectivity index (χ4v) is 2.20. The molecule has 1 aromatic carbocycles. The summed E-state index contributed by atoms with van der Waals surface area (Å²) in [7, 11) is 0. The number of hydrogen-bond acceptors (Lipinski definition) is 4. The van der Waals surface area contributed by atoms with E-state index >= 15 is 0 Å². The number of aliphatic carboxylic acids is 1. The van der Waals surface area contributed by atoms with Crippen LogP contribution in [-0.4, -0.2) is 27.1 Å². The van der Waals surface area contributed by atoms with Crippen LogP contribution in [-0.2, 0) is 4.79 Å². The molecule has 106 valence electrons. The van der Waals surface area contributed by atoms with Crippen molar-refractivity contribution in [3.8, 4) is 0 Å². The molecule has 1 unspecified atom stereocenters. The Balaban J connectivity index is 2.26. The Morgan fingerprint density at radius 3 is 2.55 bits per heavy atom. The predicted molar refractivity (Wildman–Crippen MR) is 78.8 cm³/mol. The number of anilines is 1. The lowest BCUT2D eigenvalue weighted by Crippen LogP contribution is -2.24. The minimum absolute atomic E-state index is 0.0851. The number of rotatable bonds is 6. The molecule has 2 N–H and O–H groups in total. The van der Waals surface area contributed by atoms with E-state index in [-0.39, 0.29) is 12.5 Å². The molecule has 1 atom stereocenters. The molecular formula is C15H19N3O2. The number of fused-ring (bicyclic) bond motifs is 1. The third-order valence-electron chi connectivity index (χ3n) is 3.14. The molecule has 0 radical (unpaired) electrons. The molecule has 1 aromatic heterocycles. The van der Waals surface area contributed by atoms with Crippen molar-refractivity contribution in [2.24, 2.45) is 0 Å². The Hall–Kier alpha value is -2.17. The first-order valence-electron chi connectivity index (χ1n) is 6.82. The summed E-state index contributed by atoms with van der Waals surface area (Å²) in [5.41, 5.74) is 2.45. The van der Waals surface area contributed by atoms with Gasteiger partial charge in [-0.1, -0.05) is 25.5 Å². The van der Waals surface area contributed by atoms with Crippen molar-refractivity contribution in [2.45, 2.75) is 39.2 Å². The van der Waals surface area contributed by atoms with Gasteiger partial charge in [-0.15, -0.1) is 0 Å². The SMILES string of the molecule is CCCC(CC(=O)O)Nc1nc2ccccc2nc1C. The zero-order valence-corrected chi connectivity index (χ0v) is 11.8. The van der Waals surface area contributed by atoms with E-state index in [1.807, 2.05) is 38.1 Å². The first-order valence-corrected chi connectivity index (χ1v) is 6.82. The molecule has 0 saturated heterocycles. The molecule has 20 heavy (non-hydrogen) atoms. The lowest BCUT2D eigenvalue weighted by Gasteiger charge is -2.18. The molecule has 0 aliphatic heterocycles. The topological polar surface area (TPSA) is 75.1 Å². The summed E-state index contributed by atoms with van der Waals surface area (Å²) in [5, 5.41) is 12.2. The largest absolute Gasteiger partial charge is 0.481 e. The zero-order chi connectivity index (χ0) is 14.5. The number of benzene rings is 1. The minimum atomic E-state index is -0.803. The standard InChI is InChI=1S/C15H19N3O2/c1-3-6-11(9-14(19)20)17-15-10(2)16-12-7-4-5-8-13(12)18-15/h4-5,7-8,11H,3,6,9H2,1-2H3,(H,17,18)(H,19,20). The highest BCUT2D eigenvalue weighted by atomic mass is 16.4. The molecule has 0 fully saturated rings. The summed E-state index contributed by atoms with van der Waals surface area (Å²) >= 11 is 0. The Morgan fingerprint density at radius 1 is 1.30 bits per heavy atom. The second-order valence-electron chi connectivity index (χ2n) is 4.87. The Labute approximate surface area is 118 Å². The highest BCUT2D eigenvalue weighted by Gasteiger charge is 2.14. The van der Waals surface area contributed by atoms with E-state index in [0.29, 0.717) is 5.82 Å². The maximum atomic E-state index is 10.9. The summed E-state index contributed by atoms with van der Waals surface area (Å²) < 4.78 is 0. The first-order chi connectivity index (χ1) is 9.60. The second kappa shape index (κ2) is 6.32. The highest BCUT2D eigenvalue weighted by Crippen LogP contribution is 2.18. The maximum absolute atomic E-state index is 10.9. The zero-order valence-electron chi connectivity index (χ0n) is 11.8. The third kappa shape index (κ3) is 3.44. The lowest BCUT2D eigenvalue weighted by molar-refractivity contribution is -0.137. The summed E-state index contributed by atoms with van der Waals surface area (Å²) in [5.74, 6) is -0.134. The van der Waals surface area contributed by atoms with Crippen molar-refractivity contribution in [1.29, 1.82) is 0 Å². The molecule has 0 aliphatic carbocycles. The lowest BCUT2D eigenvalue weighted by atomic mass is 10.1. The molecule has 0 bridgehead atoms. The number of para-hydroxylation sites is 2. The number of aryl methyl sites for hydroxylation is 1. The van der Waals surface area contributed by atoms with Crippen molar-refractivity contribution in [3.63, 3.8) is 0 Å². The van der Waals surface area contributed by atoms with Crippen LogP contribution < -0.4 is 5.32 Å². The van der Waals surface area contributed by atoms with Gasteiger partial charge in [0, 0.05) is 6.04 Å². The van der Waals surface area contributed by atoms with Crippen molar-refractivity contribution in [2.75, 3.05) is 5.32 Å². The quantitative estimate of drug-likeness (QED) is 0.846. The van der Waals surface area contributed by atoms with E-state index in [2.05, 4.69) is 15.3 Å². The molecule has 5 heteroatoms. The van der Waals surface area contributed by atoms with Crippen LogP contribution in [0.25, 0.3) is 11.0 Å². The molecule has 5 nitrogen and oxygen atoms in total. The normalized spacial score (nSPS) is 12.3. The maximum Gasteiger partial charge on any atom is 0.305 e. The van der Waals surface area contributed by atoms with Crippen molar-refractivity contribution in [1.82, 2.24) is 9.97 Å². The number of carboxylic acids is 1. The van der Waals surface area contributed by atoms with Gasteiger partial charge in [0.25, 0.3) is 0 Å². The van der Waals surface area contributed by atoms with Crippen LogP contribution in [0.5, 0.6) is 0 Å². The van der Waals surface area contributed by atoms with Gasteiger partial charge in [0.2, 0.25) is 0 Å². The molecule has 2 rings (SSSR count). The Bertz CT molecular complexity index is 613. The molecule has 0 amide bonds. The number of aromatic nitrogens is 2. The van der Waals surface area contributed by atoms with E-state index in [1.165, 1.54) is 0 Å². The summed E-state index contributed by atoms with van der Waals surface area (Å²) in [4.78, 5) is 19.9. The average molecular weight is 273 g/mol. The second-order valence-corrected chi connectivity index (χ2v) is 4.87. The van der Waals surface area contributed by atoms with Crippen LogP contribution in [0.3, 0.4) is 0 Å². The third-order valence-corrected chi connectivity index (χ3v) is 3.14. The van der Waals surface area contributed by atoms with Gasteiger partial charge in [-0.3, -0.25) is 4.79 Å². The number of nitrogens with zero attached hydrogens (tertiary/aromatic N) is 2. The molecule has 0 saturated carbocycles. The van der Waals surface area contributed by atoms with Crippen LogP contribution in [0.15, 0.2) is 24.3 Å². The van der Waals surface area contributed by atoms with Crippen LogP contribution >= 0.6 is 0 Å². The van der Waals surface area contributed by atoms with Crippen molar-refractivity contribution < 1.29 is 9.90 Å². The number of nitrogens with one attached hydrogen (secondary N) is 1. The Morgan fingerprint density at radius 2 is 1.95 bits per heavy atom. The van der Waals surface area contributed by atoms with Gasteiger partial charge in [0.1, 0.15) is 5.82 Å². The van der Waals surface area contributed by atoms with Crippen LogP contribution in [0.2, 0.25) is 0 Å². The molecule has 2 aromatic rings. The number of carbonyl (C=O) groups is 1. The molecule has 0 aliphatic rings. The van der Waals surface area contributed by atoms with Crippen LogP contribution in [0.1, 0.15) is 31.9 Å². The number of hydrogen-bond donors (Lipinski definition) is 2. The van der Waals surface area contributed by atoms with Gasteiger partial charge in [0.05, 0.1) is 23.1 Å². The summed E-state index contributed by atoms with van der Waals surface area (Å²) in [6.45, 7) is 3.92. The molecule has 0 spiro atoms. The van der Waals surface area contributed by atoms with Crippen molar-refractivity contribution >= 4 is 22.8 Å². The van der Waals surface area contributed by atoms with Crippen LogP contribution in [0, 0.1) is 6.92 Å². The first kappa shape index (κ1) is 14.2. The highest BCUT2D eigenvalue weighted by molar-refractivity contribution is 5.76. The minimum Gasteiger partial charge on any atom is -0.481 e. The van der Waals surface area contributed by atoms with Gasteiger partial charge in [-0.25, -0.2) is 9.97 Å². The van der Waals surface area contributed by atoms with E-state index in [4.69, 9.17) is 5.11 Å². The fraction of sp³-hybridized carbons (Fsp3) is 0.400. The molecular weight excluding hydrogens is 254 g/mol. The van der Waals surface area contributed by atoms with Gasteiger partial charge < -0.3 is 10.4 Å². The monoisotopic (exact) mass is 273 g/mol.